The summed E-state index contributed by atoms with van der Waals surface area (Å²) in [5.74, 6) is -0.669. The van der Waals surface area contributed by atoms with Crippen molar-refractivity contribution in [1.29, 1.82) is 0 Å². The molecule has 0 atom stereocenters. The maximum absolute atomic E-state index is 12.4. The molecule has 0 fully saturated rings. The fourth-order valence-corrected chi connectivity index (χ4v) is 2.50. The first-order valence-corrected chi connectivity index (χ1v) is 8.14. The molecule has 0 heterocycles. The summed E-state index contributed by atoms with van der Waals surface area (Å²) < 4.78 is 10.3. The van der Waals surface area contributed by atoms with Gasteiger partial charge in [0.15, 0.2) is 23.9 Å². The summed E-state index contributed by atoms with van der Waals surface area (Å²) in [4.78, 5) is 23.1. The van der Waals surface area contributed by atoms with Gasteiger partial charge in [0, 0.05) is 5.56 Å². The lowest BCUT2D eigenvalue weighted by atomic mass is 10.00. The fraction of sp³-hybridized carbons (Fsp3) is 0.238. The van der Waals surface area contributed by atoms with Gasteiger partial charge in [-0.05, 0) is 67.3 Å². The first-order valence-electron chi connectivity index (χ1n) is 8.14. The first-order chi connectivity index (χ1) is 12.3. The Kier molecular flexibility index (Phi) is 6.17. The van der Waals surface area contributed by atoms with E-state index in [-0.39, 0.29) is 11.5 Å². The molecule has 1 N–H and O–H groups in total. The molecule has 2 aromatic carbocycles. The van der Waals surface area contributed by atoms with Gasteiger partial charge in [-0.25, -0.2) is 4.79 Å². The lowest BCUT2D eigenvalue weighted by Crippen LogP contribution is -2.10. The predicted molar refractivity (Wildman–Crippen MR) is 100 cm³/mol. The number of methoxy groups -OCH3 is 1. The summed E-state index contributed by atoms with van der Waals surface area (Å²) in [6, 6.07) is 8.80. The summed E-state index contributed by atoms with van der Waals surface area (Å²) in [5, 5.41) is 8.69. The van der Waals surface area contributed by atoms with Crippen LogP contribution in [0.25, 0.3) is 6.08 Å². The summed E-state index contributed by atoms with van der Waals surface area (Å²) in [6.45, 7) is 5.62. The first kappa shape index (κ1) is 19.2. The van der Waals surface area contributed by atoms with E-state index in [4.69, 9.17) is 14.6 Å². The third-order valence-corrected chi connectivity index (χ3v) is 4.10. The predicted octanol–water partition coefficient (Wildman–Crippen LogP) is 3.98. The van der Waals surface area contributed by atoms with Crippen molar-refractivity contribution in [1.82, 2.24) is 0 Å². The smallest absolute Gasteiger partial charge is 0.341 e. The molecule has 0 aliphatic heterocycles. The Bertz CT molecular complexity index is 865. The number of benzene rings is 2. The second-order valence-electron chi connectivity index (χ2n) is 6.04. The number of ether oxygens (including phenoxy) is 2. The van der Waals surface area contributed by atoms with E-state index in [1.165, 1.54) is 36.4 Å². The zero-order valence-corrected chi connectivity index (χ0v) is 15.3. The van der Waals surface area contributed by atoms with Crippen LogP contribution in [-0.2, 0) is 4.79 Å². The zero-order valence-electron chi connectivity index (χ0n) is 15.3. The van der Waals surface area contributed by atoms with Crippen molar-refractivity contribution in [2.24, 2.45) is 0 Å². The molecule has 136 valence electrons. The van der Waals surface area contributed by atoms with E-state index in [1.54, 1.807) is 12.1 Å². The van der Waals surface area contributed by atoms with Gasteiger partial charge in [-0.2, -0.15) is 0 Å². The van der Waals surface area contributed by atoms with Crippen LogP contribution in [0.3, 0.4) is 0 Å². The molecule has 0 unspecified atom stereocenters. The van der Waals surface area contributed by atoms with E-state index in [0.717, 1.165) is 11.1 Å². The van der Waals surface area contributed by atoms with E-state index >= 15 is 0 Å². The Balaban J connectivity index is 2.21. The third kappa shape index (κ3) is 4.72. The number of carbonyl (C=O) groups excluding carboxylic acids is 1. The van der Waals surface area contributed by atoms with Crippen LogP contribution >= 0.6 is 0 Å². The van der Waals surface area contributed by atoms with Crippen LogP contribution in [0.15, 0.2) is 36.4 Å². The van der Waals surface area contributed by atoms with Crippen LogP contribution in [0.2, 0.25) is 0 Å². The maximum atomic E-state index is 12.4. The van der Waals surface area contributed by atoms with Gasteiger partial charge in [-0.1, -0.05) is 18.2 Å². The van der Waals surface area contributed by atoms with Gasteiger partial charge < -0.3 is 14.6 Å². The normalized spacial score (nSPS) is 10.8. The molecule has 0 aliphatic carbocycles. The average Bonchev–Trinajstić information content (AvgIpc) is 2.61. The van der Waals surface area contributed by atoms with E-state index in [9.17, 15) is 9.59 Å². The molecule has 5 nitrogen and oxygen atoms in total. The number of allylic oxidation sites excluding steroid dienone is 1. The number of hydrogen-bond donors (Lipinski definition) is 1. The molecule has 2 rings (SSSR count). The van der Waals surface area contributed by atoms with Gasteiger partial charge in [-0.3, -0.25) is 4.79 Å². The SMILES string of the molecule is COc1cc(C(=O)/C=C/c2cc(C)c(C)cc2C)ccc1OCC(=O)O. The van der Waals surface area contributed by atoms with Gasteiger partial charge in [0.2, 0.25) is 0 Å². The molecular weight excluding hydrogens is 332 g/mol. The number of carbonyl (C=O) groups is 2. The Morgan fingerprint density at radius 2 is 1.69 bits per heavy atom. The number of ketones is 1. The van der Waals surface area contributed by atoms with Crippen molar-refractivity contribution >= 4 is 17.8 Å². The van der Waals surface area contributed by atoms with Crippen molar-refractivity contribution in [3.05, 3.63) is 64.2 Å². The van der Waals surface area contributed by atoms with Crippen LogP contribution in [0, 0.1) is 20.8 Å². The number of hydrogen-bond acceptors (Lipinski definition) is 4. The molecule has 0 bridgehead atoms. The summed E-state index contributed by atoms with van der Waals surface area (Å²) in [5.41, 5.74) is 4.92. The Hall–Kier alpha value is -3.08. The summed E-state index contributed by atoms with van der Waals surface area (Å²) >= 11 is 0. The molecular formula is C21H22O5. The number of aryl methyl sites for hydroxylation is 3. The van der Waals surface area contributed by atoms with E-state index in [1.807, 2.05) is 13.8 Å². The minimum absolute atomic E-state index is 0.175. The molecule has 0 amide bonds. The van der Waals surface area contributed by atoms with Gasteiger partial charge in [0.05, 0.1) is 7.11 Å². The number of rotatable bonds is 7. The third-order valence-electron chi connectivity index (χ3n) is 4.10. The highest BCUT2D eigenvalue weighted by molar-refractivity contribution is 6.07. The number of carboxylic acids is 1. The lowest BCUT2D eigenvalue weighted by molar-refractivity contribution is -0.139. The van der Waals surface area contributed by atoms with E-state index in [0.29, 0.717) is 11.3 Å². The molecule has 5 heteroatoms. The standard InChI is InChI=1S/C21H22O5/c1-13-9-15(3)16(10-14(13)2)5-7-18(22)17-6-8-19(20(11-17)25-4)26-12-21(23)24/h5-11H,12H2,1-4H3,(H,23,24)/b7-5+. The molecule has 0 aromatic heterocycles. The molecule has 0 saturated carbocycles. The van der Waals surface area contributed by atoms with Crippen molar-refractivity contribution in [3.8, 4) is 11.5 Å². The number of aliphatic carboxylic acids is 1. The second-order valence-corrected chi connectivity index (χ2v) is 6.04. The average molecular weight is 354 g/mol. The fourth-order valence-electron chi connectivity index (χ4n) is 2.50. The van der Waals surface area contributed by atoms with Gasteiger partial charge in [0.1, 0.15) is 0 Å². The van der Waals surface area contributed by atoms with Gasteiger partial charge in [0.25, 0.3) is 0 Å². The Morgan fingerprint density at radius 1 is 1.00 bits per heavy atom. The van der Waals surface area contributed by atoms with Crippen LogP contribution in [0.4, 0.5) is 0 Å². The van der Waals surface area contributed by atoms with Gasteiger partial charge >= 0.3 is 5.97 Å². The van der Waals surface area contributed by atoms with Crippen molar-refractivity contribution in [2.75, 3.05) is 13.7 Å². The highest BCUT2D eigenvalue weighted by Crippen LogP contribution is 2.28. The zero-order chi connectivity index (χ0) is 19.3. The molecule has 2 aromatic rings. The number of carboxylic acid groups (broad SMARTS) is 1. The van der Waals surface area contributed by atoms with Gasteiger partial charge in [-0.15, -0.1) is 0 Å². The minimum atomic E-state index is -1.08. The van der Waals surface area contributed by atoms with Crippen molar-refractivity contribution in [3.63, 3.8) is 0 Å². The molecule has 26 heavy (non-hydrogen) atoms. The molecule has 0 spiro atoms. The Morgan fingerprint density at radius 3 is 2.35 bits per heavy atom. The molecule has 0 aliphatic rings. The van der Waals surface area contributed by atoms with E-state index in [2.05, 4.69) is 19.1 Å². The van der Waals surface area contributed by atoms with Crippen molar-refractivity contribution < 1.29 is 24.2 Å². The highest BCUT2D eigenvalue weighted by Gasteiger charge is 2.11. The minimum Gasteiger partial charge on any atom is -0.493 e. The highest BCUT2D eigenvalue weighted by atomic mass is 16.5. The topological polar surface area (TPSA) is 72.8 Å². The quantitative estimate of drug-likeness (QED) is 0.601. The largest absolute Gasteiger partial charge is 0.493 e. The van der Waals surface area contributed by atoms with Crippen LogP contribution in [0.5, 0.6) is 11.5 Å². The monoisotopic (exact) mass is 354 g/mol. The summed E-state index contributed by atoms with van der Waals surface area (Å²) in [6.07, 6.45) is 3.31. The summed E-state index contributed by atoms with van der Waals surface area (Å²) in [7, 11) is 1.44. The van der Waals surface area contributed by atoms with Crippen LogP contribution in [0.1, 0.15) is 32.6 Å². The lowest BCUT2D eigenvalue weighted by Gasteiger charge is -2.10. The Labute approximate surface area is 152 Å². The second kappa shape index (κ2) is 8.34. The molecule has 0 saturated heterocycles. The van der Waals surface area contributed by atoms with Crippen LogP contribution < -0.4 is 9.47 Å². The van der Waals surface area contributed by atoms with Crippen molar-refractivity contribution in [2.45, 2.75) is 20.8 Å². The maximum Gasteiger partial charge on any atom is 0.341 e. The van der Waals surface area contributed by atoms with E-state index < -0.39 is 12.6 Å². The molecule has 0 radical (unpaired) electrons. The van der Waals surface area contributed by atoms with Crippen LogP contribution in [-0.4, -0.2) is 30.6 Å².